The van der Waals surface area contributed by atoms with E-state index in [9.17, 15) is 0 Å². The van der Waals surface area contributed by atoms with Crippen LogP contribution in [0.1, 0.15) is 5.56 Å². The van der Waals surface area contributed by atoms with Gasteiger partial charge < -0.3 is 9.80 Å². The third-order valence-corrected chi connectivity index (χ3v) is 4.20. The van der Waals surface area contributed by atoms with Crippen LogP contribution in [0.2, 0.25) is 0 Å². The number of hydrogen-bond acceptors (Lipinski definition) is 2. The van der Waals surface area contributed by atoms with Crippen molar-refractivity contribution in [2.45, 2.75) is 6.92 Å². The number of nitrogens with zero attached hydrogens (tertiary/aromatic N) is 2. The van der Waals surface area contributed by atoms with Crippen LogP contribution in [0.4, 0.5) is 11.4 Å². The highest BCUT2D eigenvalue weighted by Gasteiger charge is 2.07. The van der Waals surface area contributed by atoms with E-state index in [1.54, 1.807) is 0 Å². The molecule has 0 aliphatic carbocycles. The maximum atomic E-state index is 2.31. The molecule has 0 bridgehead atoms. The molecule has 0 radical (unpaired) electrons. The normalized spacial score (nSPS) is 11.1. The highest BCUT2D eigenvalue weighted by Crippen LogP contribution is 2.31. The van der Waals surface area contributed by atoms with Crippen molar-refractivity contribution in [3.63, 3.8) is 0 Å². The quantitative estimate of drug-likeness (QED) is 0.640. The van der Waals surface area contributed by atoms with E-state index in [0.29, 0.717) is 0 Å². The van der Waals surface area contributed by atoms with Crippen molar-refractivity contribution in [2.75, 3.05) is 38.0 Å². The summed E-state index contributed by atoms with van der Waals surface area (Å²) in [5, 5.41) is 5.24. The lowest BCUT2D eigenvalue weighted by Crippen LogP contribution is -2.10. The van der Waals surface area contributed by atoms with Crippen LogP contribution in [0.25, 0.3) is 21.5 Å². The van der Waals surface area contributed by atoms with Crippen LogP contribution >= 0.6 is 0 Å². The van der Waals surface area contributed by atoms with Gasteiger partial charge in [-0.15, -0.1) is 0 Å². The van der Waals surface area contributed by atoms with Gasteiger partial charge in [-0.3, -0.25) is 0 Å². The van der Waals surface area contributed by atoms with E-state index >= 15 is 0 Å². The first-order valence-corrected chi connectivity index (χ1v) is 7.29. The molecule has 0 unspecified atom stereocenters. The summed E-state index contributed by atoms with van der Waals surface area (Å²) in [6, 6.07) is 15.7. The summed E-state index contributed by atoms with van der Waals surface area (Å²) in [5.74, 6) is 0. The van der Waals surface area contributed by atoms with E-state index in [-0.39, 0.29) is 0 Å². The van der Waals surface area contributed by atoms with Gasteiger partial charge in [0.2, 0.25) is 0 Å². The van der Waals surface area contributed by atoms with Gasteiger partial charge in [0.15, 0.2) is 0 Å². The van der Waals surface area contributed by atoms with Crippen LogP contribution in [-0.4, -0.2) is 28.2 Å². The first-order valence-electron chi connectivity index (χ1n) is 7.29. The Bertz CT molecular complexity index is 817. The summed E-state index contributed by atoms with van der Waals surface area (Å²) in [4.78, 5) is 4.32. The second-order valence-corrected chi connectivity index (χ2v) is 6.10. The summed E-state index contributed by atoms with van der Waals surface area (Å²) >= 11 is 0. The van der Waals surface area contributed by atoms with E-state index in [4.69, 9.17) is 0 Å². The Morgan fingerprint density at radius 1 is 0.667 bits per heavy atom. The first-order chi connectivity index (χ1) is 9.97. The van der Waals surface area contributed by atoms with Crippen molar-refractivity contribution in [1.82, 2.24) is 0 Å². The highest BCUT2D eigenvalue weighted by atomic mass is 15.1. The minimum atomic E-state index is 1.24. The monoisotopic (exact) mass is 278 g/mol. The molecule has 0 saturated heterocycles. The van der Waals surface area contributed by atoms with Crippen molar-refractivity contribution in [3.05, 3.63) is 48.0 Å². The molecule has 3 rings (SSSR count). The van der Waals surface area contributed by atoms with Crippen molar-refractivity contribution < 1.29 is 0 Å². The second kappa shape index (κ2) is 4.96. The molecule has 3 aromatic carbocycles. The van der Waals surface area contributed by atoms with Gasteiger partial charge in [0, 0.05) is 39.6 Å². The molecule has 21 heavy (non-hydrogen) atoms. The Kier molecular flexibility index (Phi) is 3.25. The summed E-state index contributed by atoms with van der Waals surface area (Å²) in [5.41, 5.74) is 3.87. The predicted octanol–water partition coefficient (Wildman–Crippen LogP) is 4.43. The fraction of sp³-hybridized carbons (Fsp3) is 0.263. The number of aryl methyl sites for hydroxylation is 1. The van der Waals surface area contributed by atoms with Crippen LogP contribution in [0.15, 0.2) is 42.5 Å². The van der Waals surface area contributed by atoms with Crippen LogP contribution in [0, 0.1) is 6.92 Å². The van der Waals surface area contributed by atoms with E-state index in [1.807, 2.05) is 0 Å². The number of rotatable bonds is 2. The Balaban J connectivity index is 2.29. The Morgan fingerprint density at radius 3 is 2.05 bits per heavy atom. The maximum Gasteiger partial charge on any atom is 0.0397 e. The van der Waals surface area contributed by atoms with Gasteiger partial charge in [0.05, 0.1) is 0 Å². The third kappa shape index (κ3) is 2.31. The van der Waals surface area contributed by atoms with Gasteiger partial charge in [-0.2, -0.15) is 0 Å². The fourth-order valence-electron chi connectivity index (χ4n) is 2.96. The van der Waals surface area contributed by atoms with E-state index in [1.165, 1.54) is 38.5 Å². The van der Waals surface area contributed by atoms with Crippen LogP contribution in [0.5, 0.6) is 0 Å². The lowest BCUT2D eigenvalue weighted by Gasteiger charge is -2.18. The van der Waals surface area contributed by atoms with Crippen molar-refractivity contribution in [3.8, 4) is 0 Å². The van der Waals surface area contributed by atoms with Crippen LogP contribution in [0.3, 0.4) is 0 Å². The molecule has 0 fully saturated rings. The zero-order valence-electron chi connectivity index (χ0n) is 13.4. The second-order valence-electron chi connectivity index (χ2n) is 6.10. The van der Waals surface area contributed by atoms with Crippen molar-refractivity contribution >= 4 is 32.9 Å². The molecule has 0 N–H and O–H groups in total. The number of anilines is 2. The summed E-state index contributed by atoms with van der Waals surface area (Å²) in [7, 11) is 8.35. The Hall–Kier alpha value is -2.22. The summed E-state index contributed by atoms with van der Waals surface area (Å²) in [6.07, 6.45) is 0. The minimum absolute atomic E-state index is 1.24. The zero-order chi connectivity index (χ0) is 15.1. The van der Waals surface area contributed by atoms with Gasteiger partial charge in [-0.1, -0.05) is 12.1 Å². The molecule has 0 aliphatic rings. The molecule has 0 heterocycles. The molecule has 2 nitrogen and oxygen atoms in total. The highest BCUT2D eigenvalue weighted by molar-refractivity contribution is 6.02. The van der Waals surface area contributed by atoms with Gasteiger partial charge in [-0.05, 0) is 64.4 Å². The molecule has 0 aromatic heterocycles. The van der Waals surface area contributed by atoms with Gasteiger partial charge in [-0.25, -0.2) is 0 Å². The van der Waals surface area contributed by atoms with Gasteiger partial charge >= 0.3 is 0 Å². The van der Waals surface area contributed by atoms with Crippen LogP contribution in [-0.2, 0) is 0 Å². The largest absolute Gasteiger partial charge is 0.378 e. The number of hydrogen-bond donors (Lipinski definition) is 0. The number of benzene rings is 3. The Labute approximate surface area is 126 Å². The van der Waals surface area contributed by atoms with Crippen LogP contribution < -0.4 is 9.80 Å². The third-order valence-electron chi connectivity index (χ3n) is 4.20. The molecule has 0 atom stereocenters. The maximum absolute atomic E-state index is 2.31. The SMILES string of the molecule is Cc1c(N(C)C)ccc2cc3cc(N(C)C)ccc3cc12. The molecule has 108 valence electrons. The molecule has 0 amide bonds. The van der Waals surface area contributed by atoms with E-state index in [0.717, 1.165) is 0 Å². The van der Waals surface area contributed by atoms with E-state index < -0.39 is 0 Å². The lowest BCUT2D eigenvalue weighted by molar-refractivity contribution is 1.12. The Morgan fingerprint density at radius 2 is 1.38 bits per heavy atom. The molecule has 3 aromatic rings. The molecule has 0 saturated carbocycles. The van der Waals surface area contributed by atoms with Gasteiger partial charge in [0.1, 0.15) is 0 Å². The molecular weight excluding hydrogens is 256 g/mol. The van der Waals surface area contributed by atoms with Crippen molar-refractivity contribution in [1.29, 1.82) is 0 Å². The minimum Gasteiger partial charge on any atom is -0.378 e. The predicted molar refractivity (Wildman–Crippen MR) is 94.8 cm³/mol. The standard InChI is InChI=1S/C19H22N2/c1-13-18-12-14-6-8-17(20(2)3)11-16(14)10-15(18)7-9-19(13)21(4)5/h6-12H,1-5H3. The fourth-order valence-corrected chi connectivity index (χ4v) is 2.96. The molecule has 0 spiro atoms. The smallest absolute Gasteiger partial charge is 0.0397 e. The summed E-state index contributed by atoms with van der Waals surface area (Å²) < 4.78 is 0. The molecule has 2 heteroatoms. The molecular formula is C19H22N2. The average Bonchev–Trinajstić information content (AvgIpc) is 2.45. The number of fused-ring (bicyclic) bond motifs is 2. The van der Waals surface area contributed by atoms with E-state index in [2.05, 4.69) is 87.4 Å². The summed E-state index contributed by atoms with van der Waals surface area (Å²) in [6.45, 7) is 2.21. The zero-order valence-corrected chi connectivity index (χ0v) is 13.4. The first kappa shape index (κ1) is 13.7. The van der Waals surface area contributed by atoms with Gasteiger partial charge in [0.25, 0.3) is 0 Å². The molecule has 0 aliphatic heterocycles. The lowest BCUT2D eigenvalue weighted by atomic mass is 9.98. The van der Waals surface area contributed by atoms with Crippen molar-refractivity contribution in [2.24, 2.45) is 0 Å². The topological polar surface area (TPSA) is 6.48 Å². The average molecular weight is 278 g/mol.